The van der Waals surface area contributed by atoms with Gasteiger partial charge in [0.15, 0.2) is 0 Å². The smallest absolute Gasteiger partial charge is 0.220 e. The number of carbonyl (C=O) groups is 1. The standard InChI is InChI=1S/C29H40N2O/c1-4-26(30)20-29(5-2,6-3)21-31-28(32)18-17-25-19-24-13-8-7-11-22(24)15-16-23-12-9-10-14-27(23)25/h7-16,25-26H,4-6,17-21,30H2,1-3H3,(H,31,32)/b16-15-. The van der Waals surface area contributed by atoms with E-state index in [0.29, 0.717) is 12.3 Å². The molecule has 2 aromatic carbocycles. The van der Waals surface area contributed by atoms with Crippen LogP contribution in [0.1, 0.15) is 87.5 Å². The van der Waals surface area contributed by atoms with Crippen molar-refractivity contribution in [2.45, 2.75) is 77.7 Å². The molecule has 0 aromatic heterocycles. The summed E-state index contributed by atoms with van der Waals surface area (Å²) >= 11 is 0. The fourth-order valence-corrected chi connectivity index (χ4v) is 4.97. The van der Waals surface area contributed by atoms with E-state index in [2.05, 4.69) is 86.8 Å². The first-order valence-corrected chi connectivity index (χ1v) is 12.4. The molecule has 0 fully saturated rings. The van der Waals surface area contributed by atoms with Crippen molar-refractivity contribution < 1.29 is 4.79 Å². The minimum Gasteiger partial charge on any atom is -0.356 e. The zero-order chi connectivity index (χ0) is 23.0. The van der Waals surface area contributed by atoms with E-state index in [1.54, 1.807) is 0 Å². The van der Waals surface area contributed by atoms with Crippen molar-refractivity contribution in [3.63, 3.8) is 0 Å². The van der Waals surface area contributed by atoms with Crippen molar-refractivity contribution in [2.75, 3.05) is 6.54 Å². The summed E-state index contributed by atoms with van der Waals surface area (Å²) in [5, 5.41) is 3.26. The second-order valence-corrected chi connectivity index (χ2v) is 9.46. The molecule has 32 heavy (non-hydrogen) atoms. The van der Waals surface area contributed by atoms with Crippen molar-refractivity contribution in [1.29, 1.82) is 0 Å². The van der Waals surface area contributed by atoms with Gasteiger partial charge in [-0.3, -0.25) is 4.79 Å². The summed E-state index contributed by atoms with van der Waals surface area (Å²) in [5.74, 6) is 0.489. The van der Waals surface area contributed by atoms with Crippen LogP contribution in [0.4, 0.5) is 0 Å². The third kappa shape index (κ3) is 6.10. The predicted octanol–water partition coefficient (Wildman–Crippen LogP) is 6.33. The summed E-state index contributed by atoms with van der Waals surface area (Å²) < 4.78 is 0. The van der Waals surface area contributed by atoms with Gasteiger partial charge in [-0.1, -0.05) is 81.5 Å². The Morgan fingerprint density at radius 2 is 1.69 bits per heavy atom. The Morgan fingerprint density at radius 3 is 2.41 bits per heavy atom. The topological polar surface area (TPSA) is 55.1 Å². The maximum Gasteiger partial charge on any atom is 0.220 e. The highest BCUT2D eigenvalue weighted by Crippen LogP contribution is 2.34. The Labute approximate surface area is 194 Å². The van der Waals surface area contributed by atoms with Crippen LogP contribution >= 0.6 is 0 Å². The van der Waals surface area contributed by atoms with Gasteiger partial charge in [-0.15, -0.1) is 0 Å². The van der Waals surface area contributed by atoms with Gasteiger partial charge in [0.1, 0.15) is 0 Å². The van der Waals surface area contributed by atoms with E-state index in [0.717, 1.165) is 45.1 Å². The van der Waals surface area contributed by atoms with Crippen molar-refractivity contribution in [3.8, 4) is 0 Å². The van der Waals surface area contributed by atoms with Crippen LogP contribution in [0.2, 0.25) is 0 Å². The van der Waals surface area contributed by atoms with Gasteiger partial charge < -0.3 is 11.1 Å². The number of carbonyl (C=O) groups excluding carboxylic acids is 1. The molecule has 0 bridgehead atoms. The average Bonchev–Trinajstić information content (AvgIpc) is 2.82. The van der Waals surface area contributed by atoms with Crippen molar-refractivity contribution in [1.82, 2.24) is 5.32 Å². The Morgan fingerprint density at radius 1 is 1.03 bits per heavy atom. The van der Waals surface area contributed by atoms with E-state index in [1.165, 1.54) is 22.3 Å². The molecule has 1 aliphatic carbocycles. The number of fused-ring (bicyclic) bond motifs is 2. The number of amides is 1. The van der Waals surface area contributed by atoms with Crippen LogP contribution in [0, 0.1) is 5.41 Å². The summed E-state index contributed by atoms with van der Waals surface area (Å²) in [6.45, 7) is 7.29. The van der Waals surface area contributed by atoms with E-state index in [4.69, 9.17) is 5.73 Å². The van der Waals surface area contributed by atoms with Gasteiger partial charge in [0.2, 0.25) is 5.91 Å². The Balaban J connectivity index is 1.68. The van der Waals surface area contributed by atoms with Crippen LogP contribution in [0.3, 0.4) is 0 Å². The second-order valence-electron chi connectivity index (χ2n) is 9.46. The summed E-state index contributed by atoms with van der Waals surface area (Å²) in [6.07, 6.45) is 10.8. The SMILES string of the molecule is CCC(N)CC(CC)(CC)CNC(=O)CCC1Cc2ccccc2/C=C\c2ccccc21. The number of hydrogen-bond acceptors (Lipinski definition) is 2. The highest BCUT2D eigenvalue weighted by molar-refractivity contribution is 5.76. The molecule has 0 saturated heterocycles. The first-order chi connectivity index (χ1) is 15.5. The molecule has 3 nitrogen and oxygen atoms in total. The third-order valence-electron chi connectivity index (χ3n) is 7.50. The lowest BCUT2D eigenvalue weighted by molar-refractivity contribution is -0.121. The molecule has 1 aliphatic rings. The number of rotatable bonds is 10. The molecule has 3 N–H and O–H groups in total. The fourth-order valence-electron chi connectivity index (χ4n) is 4.97. The molecule has 2 aromatic rings. The highest BCUT2D eigenvalue weighted by atomic mass is 16.1. The molecular weight excluding hydrogens is 392 g/mol. The van der Waals surface area contributed by atoms with Gasteiger partial charge >= 0.3 is 0 Å². The number of hydrogen-bond donors (Lipinski definition) is 2. The molecule has 0 heterocycles. The minimum absolute atomic E-state index is 0.0989. The normalized spacial score (nSPS) is 17.4. The van der Waals surface area contributed by atoms with Crippen LogP contribution in [-0.4, -0.2) is 18.5 Å². The van der Waals surface area contributed by atoms with Crippen molar-refractivity contribution >= 4 is 18.1 Å². The van der Waals surface area contributed by atoms with E-state index in [1.807, 2.05) is 0 Å². The van der Waals surface area contributed by atoms with Crippen LogP contribution in [0.25, 0.3) is 12.2 Å². The molecule has 2 unspecified atom stereocenters. The van der Waals surface area contributed by atoms with Crippen LogP contribution < -0.4 is 11.1 Å². The molecule has 3 heteroatoms. The maximum atomic E-state index is 12.9. The molecule has 0 radical (unpaired) electrons. The second kappa shape index (κ2) is 11.5. The zero-order valence-electron chi connectivity index (χ0n) is 20.1. The largest absolute Gasteiger partial charge is 0.356 e. The Bertz CT molecular complexity index is 913. The van der Waals surface area contributed by atoms with Crippen LogP contribution in [0.15, 0.2) is 48.5 Å². The zero-order valence-corrected chi connectivity index (χ0v) is 20.1. The number of nitrogens with two attached hydrogens (primary N) is 1. The van der Waals surface area contributed by atoms with E-state index in [9.17, 15) is 4.79 Å². The Hall–Kier alpha value is -2.39. The predicted molar refractivity (Wildman–Crippen MR) is 136 cm³/mol. The van der Waals surface area contributed by atoms with Crippen LogP contribution in [-0.2, 0) is 11.2 Å². The van der Waals surface area contributed by atoms with E-state index in [-0.39, 0.29) is 17.4 Å². The molecule has 0 spiro atoms. The number of benzene rings is 2. The van der Waals surface area contributed by atoms with Gasteiger partial charge in [-0.2, -0.15) is 0 Å². The van der Waals surface area contributed by atoms with Crippen molar-refractivity contribution in [2.24, 2.45) is 11.1 Å². The van der Waals surface area contributed by atoms with Crippen molar-refractivity contribution in [3.05, 3.63) is 70.8 Å². The molecule has 172 valence electrons. The lowest BCUT2D eigenvalue weighted by Crippen LogP contribution is -2.40. The molecule has 2 atom stereocenters. The first-order valence-electron chi connectivity index (χ1n) is 12.4. The van der Waals surface area contributed by atoms with Crippen LogP contribution in [0.5, 0.6) is 0 Å². The summed E-state index contributed by atoms with van der Waals surface area (Å²) in [4.78, 5) is 12.9. The Kier molecular flexibility index (Phi) is 8.69. The van der Waals surface area contributed by atoms with Gasteiger partial charge in [-0.25, -0.2) is 0 Å². The molecule has 1 amide bonds. The summed E-state index contributed by atoms with van der Waals surface area (Å²) in [7, 11) is 0. The molecular formula is C29H40N2O. The van der Waals surface area contributed by atoms with Gasteiger partial charge in [0, 0.05) is 19.0 Å². The highest BCUT2D eigenvalue weighted by Gasteiger charge is 2.29. The van der Waals surface area contributed by atoms with Gasteiger partial charge in [0.05, 0.1) is 0 Å². The first kappa shape index (κ1) is 24.3. The maximum absolute atomic E-state index is 12.9. The molecule has 3 rings (SSSR count). The summed E-state index contributed by atoms with van der Waals surface area (Å²) in [6, 6.07) is 17.4. The van der Waals surface area contributed by atoms with Gasteiger partial charge in [-0.05, 0) is 72.1 Å². The average molecular weight is 433 g/mol. The third-order valence-corrected chi connectivity index (χ3v) is 7.50. The van der Waals surface area contributed by atoms with Gasteiger partial charge in [0.25, 0.3) is 0 Å². The lowest BCUT2D eigenvalue weighted by Gasteiger charge is -2.34. The minimum atomic E-state index is 0.0989. The molecule has 0 saturated carbocycles. The molecule has 0 aliphatic heterocycles. The quantitative estimate of drug-likeness (QED) is 0.461. The monoisotopic (exact) mass is 432 g/mol. The number of nitrogens with one attached hydrogen (secondary N) is 1. The van der Waals surface area contributed by atoms with E-state index < -0.39 is 0 Å². The fraction of sp³-hybridized carbons (Fsp3) is 0.483. The lowest BCUT2D eigenvalue weighted by atomic mass is 9.76. The van der Waals surface area contributed by atoms with E-state index >= 15 is 0 Å². The summed E-state index contributed by atoms with van der Waals surface area (Å²) in [5.41, 5.74) is 11.6.